The van der Waals surface area contributed by atoms with Gasteiger partial charge in [0, 0.05) is 11.8 Å². The minimum Gasteiger partial charge on any atom is -0.458 e. The number of carbonyl (C=O) groups excluding carboxylic acids is 1. The van der Waals surface area contributed by atoms with Crippen LogP contribution in [0, 0.1) is 40.4 Å². The Hall–Kier alpha value is -2.09. The second kappa shape index (κ2) is 10.2. The molecule has 0 aromatic heterocycles. The average molecular weight is 501 g/mol. The third-order valence-corrected chi connectivity index (χ3v) is 11.2. The molecule has 7 atom stereocenters. The molecule has 0 aliphatic heterocycles. The summed E-state index contributed by atoms with van der Waals surface area (Å²) in [6.07, 6.45) is 16.9. The maximum Gasteiger partial charge on any atom is 0.338 e. The van der Waals surface area contributed by atoms with E-state index in [1.165, 1.54) is 31.3 Å². The first-order chi connectivity index (χ1) is 17.6. The molecule has 4 aliphatic rings. The van der Waals surface area contributed by atoms with Crippen molar-refractivity contribution >= 4 is 5.97 Å². The van der Waals surface area contributed by atoms with E-state index in [1.807, 2.05) is 30.3 Å². The van der Waals surface area contributed by atoms with Gasteiger partial charge in [-0.1, -0.05) is 94.7 Å². The molecule has 4 aliphatic carbocycles. The first kappa shape index (κ1) is 26.5. The Kier molecular flexibility index (Phi) is 7.33. The highest BCUT2D eigenvalue weighted by molar-refractivity contribution is 5.89. The van der Waals surface area contributed by atoms with Crippen molar-refractivity contribution < 1.29 is 9.53 Å². The Morgan fingerprint density at radius 1 is 1.00 bits per heavy atom. The van der Waals surface area contributed by atoms with Crippen LogP contribution in [0.25, 0.3) is 0 Å². The van der Waals surface area contributed by atoms with E-state index in [0.717, 1.165) is 37.5 Å². The molecular weight excluding hydrogens is 452 g/mol. The zero-order valence-corrected chi connectivity index (χ0v) is 24.1. The van der Waals surface area contributed by atoms with Crippen molar-refractivity contribution in [2.24, 2.45) is 40.4 Å². The predicted octanol–water partition coefficient (Wildman–Crippen LogP) is 9.34. The number of ether oxygens (including phenoxy) is 1. The first-order valence-corrected chi connectivity index (χ1v) is 15.0. The Bertz CT molecular complexity index is 1090. The molecule has 2 fully saturated rings. The highest BCUT2D eigenvalue weighted by Crippen LogP contribution is 2.64. The smallest absolute Gasteiger partial charge is 0.338 e. The molecule has 0 bridgehead atoms. The van der Waals surface area contributed by atoms with E-state index in [0.29, 0.717) is 28.7 Å². The Balaban J connectivity index is 1.29. The molecule has 0 saturated heterocycles. The van der Waals surface area contributed by atoms with Gasteiger partial charge < -0.3 is 4.74 Å². The first-order valence-electron chi connectivity index (χ1n) is 15.0. The number of hydrogen-bond acceptors (Lipinski definition) is 2. The molecule has 5 rings (SSSR count). The third-order valence-electron chi connectivity index (χ3n) is 11.2. The summed E-state index contributed by atoms with van der Waals surface area (Å²) in [6, 6.07) is 9.44. The van der Waals surface area contributed by atoms with Crippen molar-refractivity contribution in [3.63, 3.8) is 0 Å². The van der Waals surface area contributed by atoms with Gasteiger partial charge in [0.25, 0.3) is 0 Å². The molecule has 37 heavy (non-hydrogen) atoms. The van der Waals surface area contributed by atoms with Gasteiger partial charge in [-0.25, -0.2) is 4.79 Å². The lowest BCUT2D eigenvalue weighted by atomic mass is 9.53. The summed E-state index contributed by atoms with van der Waals surface area (Å²) < 4.78 is 5.99. The van der Waals surface area contributed by atoms with Crippen molar-refractivity contribution in [2.75, 3.05) is 0 Å². The number of carbonyl (C=O) groups is 1. The van der Waals surface area contributed by atoms with Crippen molar-refractivity contribution in [2.45, 2.75) is 99.0 Å². The third kappa shape index (κ3) is 4.79. The van der Waals surface area contributed by atoms with Gasteiger partial charge in [0.15, 0.2) is 0 Å². The molecule has 2 saturated carbocycles. The summed E-state index contributed by atoms with van der Waals surface area (Å²) >= 11 is 0. The van der Waals surface area contributed by atoms with E-state index in [9.17, 15) is 4.79 Å². The summed E-state index contributed by atoms with van der Waals surface area (Å²) in [4.78, 5) is 12.7. The summed E-state index contributed by atoms with van der Waals surface area (Å²) in [5.41, 5.74) is 6.32. The lowest BCUT2D eigenvalue weighted by Gasteiger charge is -2.52. The van der Waals surface area contributed by atoms with Crippen LogP contribution in [0.1, 0.15) is 103 Å². The van der Waals surface area contributed by atoms with Gasteiger partial charge in [-0.15, -0.1) is 0 Å². The Labute approximate surface area is 225 Å². The largest absolute Gasteiger partial charge is 0.458 e. The van der Waals surface area contributed by atoms with Crippen LogP contribution in [-0.2, 0) is 4.74 Å². The normalized spacial score (nSPS) is 35.0. The molecular formula is C35H48O2. The van der Waals surface area contributed by atoms with Crippen molar-refractivity contribution in [3.8, 4) is 0 Å². The summed E-state index contributed by atoms with van der Waals surface area (Å²) in [5.74, 6) is 3.35. The molecule has 0 amide bonds. The van der Waals surface area contributed by atoms with Crippen LogP contribution in [0.3, 0.4) is 0 Å². The van der Waals surface area contributed by atoms with Gasteiger partial charge in [0.1, 0.15) is 6.10 Å². The number of hydrogen-bond donors (Lipinski definition) is 0. The van der Waals surface area contributed by atoms with Crippen LogP contribution in [0.15, 0.2) is 65.3 Å². The van der Waals surface area contributed by atoms with Gasteiger partial charge in [0.2, 0.25) is 0 Å². The summed E-state index contributed by atoms with van der Waals surface area (Å²) in [5, 5.41) is 0. The van der Waals surface area contributed by atoms with E-state index in [-0.39, 0.29) is 17.5 Å². The van der Waals surface area contributed by atoms with E-state index in [1.54, 1.807) is 11.1 Å². The van der Waals surface area contributed by atoms with Gasteiger partial charge >= 0.3 is 5.97 Å². The van der Waals surface area contributed by atoms with E-state index >= 15 is 0 Å². The molecule has 2 nitrogen and oxygen atoms in total. The molecule has 0 unspecified atom stereocenters. The van der Waals surface area contributed by atoms with Crippen molar-refractivity contribution in [1.29, 1.82) is 0 Å². The number of allylic oxidation sites excluding steroid dienone is 5. The lowest BCUT2D eigenvalue weighted by molar-refractivity contribution is 0.0192. The van der Waals surface area contributed by atoms with Crippen molar-refractivity contribution in [1.82, 2.24) is 0 Å². The maximum absolute atomic E-state index is 12.7. The fraction of sp³-hybridized carbons (Fsp3) is 0.629. The number of esters is 1. The van der Waals surface area contributed by atoms with Crippen LogP contribution >= 0.6 is 0 Å². The highest BCUT2D eigenvalue weighted by Gasteiger charge is 2.54. The van der Waals surface area contributed by atoms with Crippen LogP contribution in [0.4, 0.5) is 0 Å². The SMILES string of the molecule is CC(C)[C@@H](C)C=C[C@@H](C)[C@H]1CC[C@H]2C3=C(CC[C@]12C)[C@@]1(C)CC[C@H](OC(=O)c2ccccc2)CC1=CC3. The Morgan fingerprint density at radius 2 is 1.76 bits per heavy atom. The van der Waals surface area contributed by atoms with Crippen LogP contribution in [0.5, 0.6) is 0 Å². The topological polar surface area (TPSA) is 26.3 Å². The second-order valence-electron chi connectivity index (χ2n) is 13.5. The molecule has 0 N–H and O–H groups in total. The van der Waals surface area contributed by atoms with Crippen molar-refractivity contribution in [3.05, 3.63) is 70.8 Å². The van der Waals surface area contributed by atoms with Gasteiger partial charge in [-0.2, -0.15) is 0 Å². The molecule has 1 aromatic rings. The minimum atomic E-state index is -0.179. The zero-order chi connectivity index (χ0) is 26.4. The van der Waals surface area contributed by atoms with E-state index in [4.69, 9.17) is 4.74 Å². The number of rotatable bonds is 6. The monoisotopic (exact) mass is 500 g/mol. The fourth-order valence-corrected chi connectivity index (χ4v) is 8.39. The summed E-state index contributed by atoms with van der Waals surface area (Å²) in [6.45, 7) is 14.6. The average Bonchev–Trinajstić information content (AvgIpc) is 3.25. The lowest BCUT2D eigenvalue weighted by Crippen LogP contribution is -2.42. The minimum absolute atomic E-state index is 0.000217. The standard InChI is InChI=1S/C35H48O2/c1-23(2)24(3)12-13-25(4)30-16-17-31-29-15-14-27-22-28(37-33(36)26-10-8-7-9-11-26)18-20-34(27,5)32(29)19-21-35(30,31)6/h7-14,23-25,28,30-31H,15-22H2,1-6H3/t24-,25+,28-,30+,31-,34-,35+/m0/s1. The second-order valence-corrected chi connectivity index (χ2v) is 13.5. The fourth-order valence-electron chi connectivity index (χ4n) is 8.39. The van der Waals surface area contributed by atoms with Gasteiger partial charge in [-0.05, 0) is 92.1 Å². The van der Waals surface area contributed by atoms with E-state index < -0.39 is 0 Å². The van der Waals surface area contributed by atoms with Crippen LogP contribution in [0.2, 0.25) is 0 Å². The maximum atomic E-state index is 12.7. The quantitative estimate of drug-likeness (QED) is 0.287. The molecule has 200 valence electrons. The van der Waals surface area contributed by atoms with Crippen LogP contribution < -0.4 is 0 Å². The zero-order valence-electron chi connectivity index (χ0n) is 24.1. The predicted molar refractivity (Wildman–Crippen MR) is 153 cm³/mol. The van der Waals surface area contributed by atoms with E-state index in [2.05, 4.69) is 59.8 Å². The molecule has 1 aromatic carbocycles. The molecule has 0 radical (unpaired) electrons. The van der Waals surface area contributed by atoms with Crippen LogP contribution in [-0.4, -0.2) is 12.1 Å². The van der Waals surface area contributed by atoms with Gasteiger partial charge in [-0.3, -0.25) is 0 Å². The summed E-state index contributed by atoms with van der Waals surface area (Å²) in [7, 11) is 0. The number of fused-ring (bicyclic) bond motifs is 4. The number of benzene rings is 1. The molecule has 2 heteroatoms. The molecule has 0 heterocycles. The Morgan fingerprint density at radius 3 is 2.49 bits per heavy atom. The molecule has 0 spiro atoms. The van der Waals surface area contributed by atoms with Gasteiger partial charge in [0.05, 0.1) is 5.56 Å². The highest BCUT2D eigenvalue weighted by atomic mass is 16.5.